The monoisotopic (exact) mass is 216 g/mol. The third-order valence-corrected chi connectivity index (χ3v) is 1.96. The van der Waals surface area contributed by atoms with Gasteiger partial charge in [-0.2, -0.15) is 0 Å². The van der Waals surface area contributed by atoms with Crippen molar-refractivity contribution in [2.75, 3.05) is 6.54 Å². The Morgan fingerprint density at radius 3 is 2.13 bits per heavy atom. The summed E-state index contributed by atoms with van der Waals surface area (Å²) >= 11 is 0. The first-order valence-electron chi connectivity index (χ1n) is 5.53. The summed E-state index contributed by atoms with van der Waals surface area (Å²) in [5, 5.41) is 3.38. The number of carbonyl (C=O) groups excluding carboxylic acids is 1. The van der Waals surface area contributed by atoms with Crippen molar-refractivity contribution in [3.05, 3.63) is 0 Å². The van der Waals surface area contributed by atoms with E-state index < -0.39 is 11.7 Å². The summed E-state index contributed by atoms with van der Waals surface area (Å²) in [6.45, 7) is 8.77. The topological polar surface area (TPSA) is 64.3 Å². The van der Waals surface area contributed by atoms with Gasteiger partial charge in [0.05, 0.1) is 0 Å². The predicted molar refractivity (Wildman–Crippen MR) is 61.7 cm³/mol. The Kier molecular flexibility index (Phi) is 6.32. The molecule has 3 N–H and O–H groups in total. The van der Waals surface area contributed by atoms with Gasteiger partial charge in [0.2, 0.25) is 0 Å². The van der Waals surface area contributed by atoms with E-state index in [2.05, 4.69) is 17.0 Å². The number of hydrogen-bond donors (Lipinski definition) is 2. The van der Waals surface area contributed by atoms with Crippen molar-refractivity contribution in [1.82, 2.24) is 5.32 Å². The Morgan fingerprint density at radius 2 is 2.00 bits per heavy atom. The number of hydrogen-bond acceptors (Lipinski definition) is 3. The lowest BCUT2D eigenvalue weighted by Crippen LogP contribution is -2.30. The van der Waals surface area contributed by atoms with Crippen molar-refractivity contribution in [2.45, 2.75) is 58.6 Å². The fourth-order valence-electron chi connectivity index (χ4n) is 1.33. The van der Waals surface area contributed by atoms with Crippen LogP contribution < -0.4 is 11.1 Å². The summed E-state index contributed by atoms with van der Waals surface area (Å²) < 4.78 is 4.58. The molecule has 1 amide bonds. The fraction of sp³-hybridized carbons (Fsp3) is 0.909. The molecule has 1 aliphatic rings. The Morgan fingerprint density at radius 1 is 1.40 bits per heavy atom. The van der Waals surface area contributed by atoms with Crippen LogP contribution in [0.4, 0.5) is 4.79 Å². The molecule has 4 nitrogen and oxygen atoms in total. The van der Waals surface area contributed by atoms with E-state index in [1.165, 1.54) is 25.8 Å². The summed E-state index contributed by atoms with van der Waals surface area (Å²) in [6.07, 6.45) is 3.45. The minimum atomic E-state index is -0.725. The first-order valence-corrected chi connectivity index (χ1v) is 5.53. The van der Waals surface area contributed by atoms with E-state index in [0.29, 0.717) is 0 Å². The molecule has 0 aromatic rings. The highest BCUT2D eigenvalue weighted by Crippen LogP contribution is 2.05. The van der Waals surface area contributed by atoms with E-state index in [9.17, 15) is 4.79 Å². The first-order chi connectivity index (χ1) is 6.81. The van der Waals surface area contributed by atoms with E-state index in [-0.39, 0.29) is 0 Å². The van der Waals surface area contributed by atoms with Crippen LogP contribution >= 0.6 is 0 Å². The van der Waals surface area contributed by atoms with Crippen molar-refractivity contribution >= 4 is 6.09 Å². The van der Waals surface area contributed by atoms with Gasteiger partial charge in [0.25, 0.3) is 0 Å². The number of rotatable bonds is 0. The molecule has 0 aliphatic carbocycles. The van der Waals surface area contributed by atoms with Crippen molar-refractivity contribution in [3.63, 3.8) is 0 Å². The fourth-order valence-corrected chi connectivity index (χ4v) is 1.33. The molecule has 4 heteroatoms. The van der Waals surface area contributed by atoms with Gasteiger partial charge in [0, 0.05) is 6.04 Å². The second kappa shape index (κ2) is 6.67. The number of nitrogens with two attached hydrogens (primary N) is 1. The van der Waals surface area contributed by atoms with E-state index in [0.717, 1.165) is 6.04 Å². The molecule has 1 heterocycles. The zero-order valence-electron chi connectivity index (χ0n) is 10.3. The molecule has 1 unspecified atom stereocenters. The van der Waals surface area contributed by atoms with E-state index in [1.807, 2.05) is 0 Å². The molecule has 15 heavy (non-hydrogen) atoms. The smallest absolute Gasteiger partial charge is 0.405 e. The molecule has 0 spiro atoms. The second-order valence-electron chi connectivity index (χ2n) is 4.88. The van der Waals surface area contributed by atoms with Crippen molar-refractivity contribution < 1.29 is 9.53 Å². The number of carbonyl (C=O) groups is 1. The van der Waals surface area contributed by atoms with Crippen LogP contribution in [-0.2, 0) is 4.74 Å². The van der Waals surface area contributed by atoms with E-state index in [1.54, 1.807) is 20.8 Å². The normalized spacial score (nSPS) is 21.2. The van der Waals surface area contributed by atoms with Crippen LogP contribution in [0.2, 0.25) is 0 Å². The summed E-state index contributed by atoms with van der Waals surface area (Å²) in [7, 11) is 0. The lowest BCUT2D eigenvalue weighted by atomic mass is 10.1. The summed E-state index contributed by atoms with van der Waals surface area (Å²) in [5.74, 6) is 0. The molecule has 90 valence electrons. The lowest BCUT2D eigenvalue weighted by molar-refractivity contribution is 0.0600. The average molecular weight is 216 g/mol. The molecule has 0 aromatic carbocycles. The highest BCUT2D eigenvalue weighted by molar-refractivity contribution is 5.65. The zero-order valence-corrected chi connectivity index (χ0v) is 10.3. The third-order valence-electron chi connectivity index (χ3n) is 1.96. The number of ether oxygens (including phenoxy) is 1. The number of nitrogens with one attached hydrogen (secondary N) is 1. The van der Waals surface area contributed by atoms with Crippen LogP contribution in [0.25, 0.3) is 0 Å². The van der Waals surface area contributed by atoms with Crippen LogP contribution in [0.5, 0.6) is 0 Å². The van der Waals surface area contributed by atoms with Gasteiger partial charge in [-0.15, -0.1) is 0 Å². The highest BCUT2D eigenvalue weighted by Gasteiger charge is 2.12. The van der Waals surface area contributed by atoms with Crippen molar-refractivity contribution in [2.24, 2.45) is 5.73 Å². The Hall–Kier alpha value is -0.770. The number of primary amides is 1. The minimum absolute atomic E-state index is 0.453. The molecule has 0 saturated carbocycles. The van der Waals surface area contributed by atoms with Gasteiger partial charge < -0.3 is 15.8 Å². The van der Waals surface area contributed by atoms with Crippen LogP contribution in [0.1, 0.15) is 47.0 Å². The zero-order chi connectivity index (χ0) is 11.9. The van der Waals surface area contributed by atoms with Gasteiger partial charge in [-0.05, 0) is 47.1 Å². The number of amides is 1. The van der Waals surface area contributed by atoms with Crippen LogP contribution in [0.3, 0.4) is 0 Å². The maximum Gasteiger partial charge on any atom is 0.405 e. The van der Waals surface area contributed by atoms with Crippen molar-refractivity contribution in [3.8, 4) is 0 Å². The Balaban J connectivity index is 0.000000262. The molecular weight excluding hydrogens is 192 g/mol. The van der Waals surface area contributed by atoms with Gasteiger partial charge in [-0.1, -0.05) is 6.42 Å². The maximum absolute atomic E-state index is 10.0. The van der Waals surface area contributed by atoms with Gasteiger partial charge in [0.15, 0.2) is 0 Å². The van der Waals surface area contributed by atoms with Gasteiger partial charge in [-0.25, -0.2) is 4.79 Å². The average Bonchev–Trinajstić information content (AvgIpc) is 2.01. The van der Waals surface area contributed by atoms with Crippen molar-refractivity contribution in [1.29, 1.82) is 0 Å². The second-order valence-corrected chi connectivity index (χ2v) is 4.88. The van der Waals surface area contributed by atoms with Gasteiger partial charge in [0.1, 0.15) is 5.60 Å². The van der Waals surface area contributed by atoms with Crippen LogP contribution in [0, 0.1) is 0 Å². The lowest BCUT2D eigenvalue weighted by Gasteiger charge is -2.18. The van der Waals surface area contributed by atoms with Crippen LogP contribution in [-0.4, -0.2) is 24.3 Å². The summed E-state index contributed by atoms with van der Waals surface area (Å²) in [4.78, 5) is 10.0. The summed E-state index contributed by atoms with van der Waals surface area (Å²) in [6, 6.07) is 0.786. The van der Waals surface area contributed by atoms with Crippen LogP contribution in [0.15, 0.2) is 0 Å². The molecule has 1 aliphatic heterocycles. The SMILES string of the molecule is CC(C)(C)OC(N)=O.CC1CCCCN1. The van der Waals surface area contributed by atoms with E-state index >= 15 is 0 Å². The van der Waals surface area contributed by atoms with Gasteiger partial charge in [-0.3, -0.25) is 0 Å². The van der Waals surface area contributed by atoms with E-state index in [4.69, 9.17) is 5.73 Å². The summed E-state index contributed by atoms with van der Waals surface area (Å²) in [5.41, 5.74) is 4.26. The molecule has 0 bridgehead atoms. The maximum atomic E-state index is 10.0. The molecule has 0 radical (unpaired) electrons. The molecular formula is C11H24N2O2. The standard InChI is InChI=1S/C6H13N.C5H11NO2/c1-6-4-2-3-5-7-6;1-5(2,3)8-4(6)7/h6-7H,2-5H2,1H3;1-3H3,(H2,6,7). The Bertz CT molecular complexity index is 182. The molecule has 1 fully saturated rings. The predicted octanol–water partition coefficient (Wildman–Crippen LogP) is 2.03. The third kappa shape index (κ3) is 11.2. The quantitative estimate of drug-likeness (QED) is 0.651. The Labute approximate surface area is 92.6 Å². The highest BCUT2D eigenvalue weighted by atomic mass is 16.6. The molecule has 1 saturated heterocycles. The molecule has 1 rings (SSSR count). The van der Waals surface area contributed by atoms with Gasteiger partial charge >= 0.3 is 6.09 Å². The molecule has 0 aromatic heterocycles. The molecule has 1 atom stereocenters. The first kappa shape index (κ1) is 14.2. The largest absolute Gasteiger partial charge is 0.444 e. The number of piperidine rings is 1. The minimum Gasteiger partial charge on any atom is -0.444 e.